The van der Waals surface area contributed by atoms with Gasteiger partial charge in [0.2, 0.25) is 0 Å². The number of imidazole rings is 1. The van der Waals surface area contributed by atoms with Crippen LogP contribution >= 0.6 is 0 Å². The molecule has 1 N–H and O–H groups in total. The number of rotatable bonds is 5. The molecule has 0 bridgehead atoms. The summed E-state index contributed by atoms with van der Waals surface area (Å²) in [7, 11) is 0. The van der Waals surface area contributed by atoms with Crippen molar-refractivity contribution in [3.05, 3.63) is 71.8 Å². The van der Waals surface area contributed by atoms with Crippen molar-refractivity contribution in [3.8, 4) is 16.9 Å². The highest BCUT2D eigenvalue weighted by molar-refractivity contribution is 5.83. The van der Waals surface area contributed by atoms with Gasteiger partial charge in [0.15, 0.2) is 12.0 Å². The second-order valence-electron chi connectivity index (χ2n) is 8.65. The summed E-state index contributed by atoms with van der Waals surface area (Å²) < 4.78 is 62.1. The number of ether oxygens (including phenoxy) is 1. The lowest BCUT2D eigenvalue weighted by atomic mass is 10.0. The van der Waals surface area contributed by atoms with Crippen LogP contribution < -0.4 is 4.74 Å². The molecule has 0 saturated carbocycles. The van der Waals surface area contributed by atoms with Crippen molar-refractivity contribution < 1.29 is 27.4 Å². The van der Waals surface area contributed by atoms with Gasteiger partial charge >= 0.3 is 6.61 Å². The maximum atomic E-state index is 15.0. The Kier molecular flexibility index (Phi) is 5.27. The highest BCUT2D eigenvalue weighted by atomic mass is 19.3. The first-order valence-electron chi connectivity index (χ1n) is 10.6. The summed E-state index contributed by atoms with van der Waals surface area (Å²) in [6.45, 7) is 0.0380. The summed E-state index contributed by atoms with van der Waals surface area (Å²) in [6, 6.07) is 8.27. The van der Waals surface area contributed by atoms with E-state index in [0.29, 0.717) is 16.6 Å². The number of alkyl halides is 3. The molecule has 0 amide bonds. The lowest BCUT2D eigenvalue weighted by Crippen LogP contribution is -2.19. The van der Waals surface area contributed by atoms with Gasteiger partial charge < -0.3 is 14.4 Å². The molecule has 0 radical (unpaired) electrons. The van der Waals surface area contributed by atoms with Gasteiger partial charge in [-0.25, -0.2) is 23.7 Å². The molecule has 2 aromatic heterocycles. The van der Waals surface area contributed by atoms with Crippen molar-refractivity contribution >= 4 is 11.0 Å². The lowest BCUT2D eigenvalue weighted by molar-refractivity contribution is -0.0507. The fourth-order valence-electron chi connectivity index (χ4n) is 4.32. The minimum absolute atomic E-state index is 0.0159. The van der Waals surface area contributed by atoms with Crippen molar-refractivity contribution in [2.75, 3.05) is 0 Å². The molecule has 2 unspecified atom stereocenters. The van der Waals surface area contributed by atoms with Gasteiger partial charge in [0.25, 0.3) is 0 Å². The fraction of sp³-hybridized carbons (Fsp3) is 0.292. The Morgan fingerprint density at radius 2 is 1.85 bits per heavy atom. The summed E-state index contributed by atoms with van der Waals surface area (Å²) in [5, 5.41) is 10.1. The molecule has 176 valence electrons. The normalized spacial score (nSPS) is 18.0. The van der Waals surface area contributed by atoms with Gasteiger partial charge in [0.05, 0.1) is 17.1 Å². The van der Waals surface area contributed by atoms with E-state index in [4.69, 9.17) is 0 Å². The van der Waals surface area contributed by atoms with Crippen molar-refractivity contribution in [2.24, 2.45) is 0 Å². The number of hydrogen-bond acceptors (Lipinski definition) is 5. The van der Waals surface area contributed by atoms with E-state index in [-0.39, 0.29) is 34.9 Å². The van der Waals surface area contributed by atoms with E-state index >= 15 is 0 Å². The zero-order chi connectivity index (χ0) is 24.2. The third-order valence-corrected chi connectivity index (χ3v) is 5.83. The van der Waals surface area contributed by atoms with Gasteiger partial charge in [0, 0.05) is 41.6 Å². The fourth-order valence-corrected chi connectivity index (χ4v) is 4.32. The van der Waals surface area contributed by atoms with E-state index in [0.717, 1.165) is 0 Å². The number of aromatic nitrogens is 4. The Bertz CT molecular complexity index is 1370. The molecular formula is C24H20F4N4O2. The van der Waals surface area contributed by atoms with Crippen LogP contribution in [0.4, 0.5) is 17.6 Å². The van der Waals surface area contributed by atoms with Crippen LogP contribution in [0, 0.1) is 5.82 Å². The number of halogens is 4. The van der Waals surface area contributed by atoms with E-state index in [9.17, 15) is 22.7 Å². The second kappa shape index (κ2) is 8.05. The zero-order valence-electron chi connectivity index (χ0n) is 18.2. The molecule has 0 spiro atoms. The Balaban J connectivity index is 1.64. The van der Waals surface area contributed by atoms with Crippen LogP contribution in [-0.2, 0) is 5.60 Å². The molecule has 1 aliphatic heterocycles. The standard InChI is InChI=1S/C24H20F4N4O2/c1-24(2,33)22-29-10-12(11-30-22)14-7-19-17(8-15(14)25)31-21-16(26)9-18(32(19)21)13-5-3-4-6-20(13)34-23(27)28/h3-8,10-11,16,18,23,33H,9H2,1-2H3. The SMILES string of the molecule is CC(C)(O)c1ncc(-c2cc3c(cc2F)nc2n3C(c3ccccc3OC(F)F)CC2F)cn1. The summed E-state index contributed by atoms with van der Waals surface area (Å²) in [5.74, 6) is -0.379. The molecule has 5 rings (SSSR count). The number of benzene rings is 2. The summed E-state index contributed by atoms with van der Waals surface area (Å²) in [5.41, 5.74) is 0.322. The summed E-state index contributed by atoms with van der Waals surface area (Å²) >= 11 is 0. The smallest absolute Gasteiger partial charge is 0.387 e. The van der Waals surface area contributed by atoms with Gasteiger partial charge in [0.1, 0.15) is 23.0 Å². The minimum atomic E-state index is -3.03. The topological polar surface area (TPSA) is 73.1 Å². The van der Waals surface area contributed by atoms with Crippen LogP contribution in [0.25, 0.3) is 22.2 Å². The van der Waals surface area contributed by atoms with Gasteiger partial charge in [-0.1, -0.05) is 18.2 Å². The Morgan fingerprint density at radius 1 is 1.15 bits per heavy atom. The largest absolute Gasteiger partial charge is 0.434 e. The van der Waals surface area contributed by atoms with Crippen LogP contribution in [0.5, 0.6) is 5.75 Å². The second-order valence-corrected chi connectivity index (χ2v) is 8.65. The van der Waals surface area contributed by atoms with Gasteiger partial charge in [-0.05, 0) is 26.0 Å². The van der Waals surface area contributed by atoms with E-state index in [1.807, 2.05) is 0 Å². The molecule has 34 heavy (non-hydrogen) atoms. The van der Waals surface area contributed by atoms with Crippen molar-refractivity contribution in [1.29, 1.82) is 0 Å². The quantitative estimate of drug-likeness (QED) is 0.390. The zero-order valence-corrected chi connectivity index (χ0v) is 18.2. The van der Waals surface area contributed by atoms with E-state index in [2.05, 4.69) is 19.7 Å². The monoisotopic (exact) mass is 472 g/mol. The maximum Gasteiger partial charge on any atom is 0.387 e. The van der Waals surface area contributed by atoms with Crippen LogP contribution in [0.15, 0.2) is 48.8 Å². The van der Waals surface area contributed by atoms with Crippen molar-refractivity contribution in [1.82, 2.24) is 19.5 Å². The molecule has 3 heterocycles. The number of nitrogens with zero attached hydrogens (tertiary/aromatic N) is 4. The molecule has 2 atom stereocenters. The number of hydrogen-bond donors (Lipinski definition) is 1. The van der Waals surface area contributed by atoms with Crippen molar-refractivity contribution in [2.45, 2.75) is 44.7 Å². The molecule has 10 heteroatoms. The van der Waals surface area contributed by atoms with Crippen LogP contribution in [0.2, 0.25) is 0 Å². The third kappa shape index (κ3) is 3.77. The van der Waals surface area contributed by atoms with Crippen LogP contribution in [0.1, 0.15) is 49.7 Å². The predicted molar refractivity (Wildman–Crippen MR) is 116 cm³/mol. The maximum absolute atomic E-state index is 15.0. The Labute approximate surface area is 191 Å². The molecule has 0 saturated heterocycles. The number of para-hydroxylation sites is 1. The summed E-state index contributed by atoms with van der Waals surface area (Å²) in [6.07, 6.45) is 1.32. The number of aliphatic hydroxyl groups is 1. The third-order valence-electron chi connectivity index (χ3n) is 5.83. The van der Waals surface area contributed by atoms with Crippen molar-refractivity contribution in [3.63, 3.8) is 0 Å². The minimum Gasteiger partial charge on any atom is -0.434 e. The summed E-state index contributed by atoms with van der Waals surface area (Å²) in [4.78, 5) is 12.5. The van der Waals surface area contributed by atoms with E-state index in [1.165, 1.54) is 44.4 Å². The average Bonchev–Trinajstić information content (AvgIpc) is 3.29. The molecule has 1 aliphatic rings. The highest BCUT2D eigenvalue weighted by Crippen LogP contribution is 2.46. The molecule has 0 aliphatic carbocycles. The number of fused-ring (bicyclic) bond motifs is 3. The Morgan fingerprint density at radius 3 is 2.53 bits per heavy atom. The molecule has 6 nitrogen and oxygen atoms in total. The molecule has 2 aromatic carbocycles. The highest BCUT2D eigenvalue weighted by Gasteiger charge is 2.37. The predicted octanol–water partition coefficient (Wildman–Crippen LogP) is 5.46. The first-order valence-corrected chi connectivity index (χ1v) is 10.6. The van der Waals surface area contributed by atoms with Gasteiger partial charge in [-0.2, -0.15) is 8.78 Å². The van der Waals surface area contributed by atoms with Gasteiger partial charge in [-0.3, -0.25) is 0 Å². The van der Waals surface area contributed by atoms with E-state index < -0.39 is 30.2 Å². The van der Waals surface area contributed by atoms with Crippen LogP contribution in [-0.4, -0.2) is 31.2 Å². The van der Waals surface area contributed by atoms with Gasteiger partial charge in [-0.15, -0.1) is 0 Å². The first-order chi connectivity index (χ1) is 16.1. The molecule has 0 fully saturated rings. The van der Waals surface area contributed by atoms with E-state index in [1.54, 1.807) is 22.8 Å². The molecule has 4 aromatic rings. The Hall–Kier alpha value is -3.53. The molecular weight excluding hydrogens is 452 g/mol. The first kappa shape index (κ1) is 22.3. The average molecular weight is 472 g/mol. The van der Waals surface area contributed by atoms with Crippen LogP contribution in [0.3, 0.4) is 0 Å². The lowest BCUT2D eigenvalue weighted by Gasteiger charge is -2.19.